The van der Waals surface area contributed by atoms with Gasteiger partial charge in [0.2, 0.25) is 0 Å². The van der Waals surface area contributed by atoms with Crippen LogP contribution in [-0.2, 0) is 0 Å². The lowest BCUT2D eigenvalue weighted by molar-refractivity contribution is 0.633. The van der Waals surface area contributed by atoms with Crippen LogP contribution in [0.3, 0.4) is 0 Å². The van der Waals surface area contributed by atoms with Crippen molar-refractivity contribution in [1.29, 1.82) is 0 Å². The molecule has 0 saturated carbocycles. The van der Waals surface area contributed by atoms with Crippen LogP contribution in [0.15, 0.2) is 36.4 Å². The van der Waals surface area contributed by atoms with Crippen LogP contribution in [0.25, 0.3) is 22.2 Å². The molecule has 19 heavy (non-hydrogen) atoms. The van der Waals surface area contributed by atoms with Gasteiger partial charge in [-0.05, 0) is 37.3 Å². The molecule has 1 heterocycles. The summed E-state index contributed by atoms with van der Waals surface area (Å²) < 4.78 is 13.7. The summed E-state index contributed by atoms with van der Waals surface area (Å²) in [5.41, 5.74) is 4.13. The van der Waals surface area contributed by atoms with Gasteiger partial charge in [-0.2, -0.15) is 0 Å². The van der Waals surface area contributed by atoms with E-state index in [9.17, 15) is 4.39 Å². The van der Waals surface area contributed by atoms with E-state index in [0.717, 1.165) is 16.7 Å². The molecule has 0 atom stereocenters. The van der Waals surface area contributed by atoms with Crippen molar-refractivity contribution in [1.82, 2.24) is 15.4 Å². The summed E-state index contributed by atoms with van der Waals surface area (Å²) in [6.45, 7) is 4.04. The maximum atomic E-state index is 13.7. The molecule has 1 aromatic heterocycles. The first-order valence-electron chi connectivity index (χ1n) is 6.01. The molecule has 0 radical (unpaired) electrons. The maximum Gasteiger partial charge on any atom is 0.151 e. The summed E-state index contributed by atoms with van der Waals surface area (Å²) in [7, 11) is 0. The molecule has 0 saturated heterocycles. The van der Waals surface area contributed by atoms with Crippen molar-refractivity contribution in [3.63, 3.8) is 0 Å². The summed E-state index contributed by atoms with van der Waals surface area (Å²) in [5.74, 6) is -0.377. The molecule has 3 nitrogen and oxygen atoms in total. The zero-order valence-electron chi connectivity index (χ0n) is 10.7. The first-order valence-corrected chi connectivity index (χ1v) is 6.01. The van der Waals surface area contributed by atoms with Gasteiger partial charge < -0.3 is 0 Å². The Kier molecular flexibility index (Phi) is 2.71. The second kappa shape index (κ2) is 4.39. The quantitative estimate of drug-likeness (QED) is 0.666. The van der Waals surface area contributed by atoms with Crippen LogP contribution >= 0.6 is 0 Å². The number of aryl methyl sites for hydroxylation is 2. The lowest BCUT2D eigenvalue weighted by Crippen LogP contribution is -1.96. The minimum absolute atomic E-state index is 0.256. The molecular formula is C15H12FN3. The van der Waals surface area contributed by atoms with Gasteiger partial charge in [-0.15, -0.1) is 10.2 Å². The van der Waals surface area contributed by atoms with E-state index in [-0.39, 0.29) is 11.3 Å². The molecule has 94 valence electrons. The van der Waals surface area contributed by atoms with Gasteiger partial charge in [0, 0.05) is 10.9 Å². The second-order valence-corrected chi connectivity index (χ2v) is 4.65. The average molecular weight is 253 g/mol. The molecule has 0 aliphatic rings. The van der Waals surface area contributed by atoms with E-state index in [1.54, 1.807) is 6.07 Å². The minimum Gasteiger partial charge on any atom is -0.205 e. The number of halogens is 1. The highest BCUT2D eigenvalue weighted by molar-refractivity contribution is 5.92. The molecule has 0 aliphatic carbocycles. The monoisotopic (exact) mass is 253 g/mol. The van der Waals surface area contributed by atoms with E-state index in [1.165, 1.54) is 6.07 Å². The van der Waals surface area contributed by atoms with Crippen molar-refractivity contribution < 1.29 is 4.39 Å². The number of hydrogen-bond acceptors (Lipinski definition) is 3. The fraction of sp³-hybridized carbons (Fsp3) is 0.133. The third-order valence-electron chi connectivity index (χ3n) is 3.03. The van der Waals surface area contributed by atoms with E-state index in [2.05, 4.69) is 21.5 Å². The molecule has 0 N–H and O–H groups in total. The number of fused-ring (bicyclic) bond motifs is 1. The maximum absolute atomic E-state index is 13.7. The Balaban J connectivity index is 2.33. The summed E-state index contributed by atoms with van der Waals surface area (Å²) in [6, 6.07) is 11.0. The van der Waals surface area contributed by atoms with Crippen molar-refractivity contribution >= 4 is 10.9 Å². The van der Waals surface area contributed by atoms with Crippen LogP contribution < -0.4 is 0 Å². The van der Waals surface area contributed by atoms with Gasteiger partial charge in [0.25, 0.3) is 0 Å². The summed E-state index contributed by atoms with van der Waals surface area (Å²) >= 11 is 0. The van der Waals surface area contributed by atoms with Gasteiger partial charge in [0.15, 0.2) is 5.82 Å². The van der Waals surface area contributed by atoms with Gasteiger partial charge in [-0.1, -0.05) is 29.3 Å². The van der Waals surface area contributed by atoms with E-state index in [1.807, 2.05) is 32.0 Å². The topological polar surface area (TPSA) is 38.7 Å². The van der Waals surface area contributed by atoms with Gasteiger partial charge in [0.05, 0.1) is 0 Å². The van der Waals surface area contributed by atoms with Crippen LogP contribution in [0.4, 0.5) is 4.39 Å². The van der Waals surface area contributed by atoms with Gasteiger partial charge in [-0.3, -0.25) is 0 Å². The predicted octanol–water partition coefficient (Wildman–Crippen LogP) is 3.45. The molecule has 0 aliphatic heterocycles. The molecule has 3 rings (SSSR count). The fourth-order valence-electron chi connectivity index (χ4n) is 2.30. The van der Waals surface area contributed by atoms with Gasteiger partial charge >= 0.3 is 0 Å². The summed E-state index contributed by atoms with van der Waals surface area (Å²) in [5, 5.41) is 12.2. The molecule has 0 amide bonds. The van der Waals surface area contributed by atoms with Crippen molar-refractivity contribution in [2.24, 2.45) is 0 Å². The highest BCUT2D eigenvalue weighted by atomic mass is 19.1. The third kappa shape index (κ3) is 2.05. The van der Waals surface area contributed by atoms with Crippen molar-refractivity contribution in [2.45, 2.75) is 13.8 Å². The molecular weight excluding hydrogens is 241 g/mol. The molecule has 4 heteroatoms. The fourth-order valence-corrected chi connectivity index (χ4v) is 2.30. The van der Waals surface area contributed by atoms with Crippen LogP contribution in [0.5, 0.6) is 0 Å². The zero-order chi connectivity index (χ0) is 13.4. The van der Waals surface area contributed by atoms with Gasteiger partial charge in [-0.25, -0.2) is 4.39 Å². The molecule has 0 fully saturated rings. The average Bonchev–Trinajstić information content (AvgIpc) is 2.37. The van der Waals surface area contributed by atoms with Crippen LogP contribution in [-0.4, -0.2) is 15.4 Å². The number of hydrogen-bond donors (Lipinski definition) is 0. The smallest absolute Gasteiger partial charge is 0.151 e. The Bertz CT molecular complexity index is 748. The van der Waals surface area contributed by atoms with E-state index < -0.39 is 0 Å². The van der Waals surface area contributed by atoms with Gasteiger partial charge in [0.1, 0.15) is 11.2 Å². The third-order valence-corrected chi connectivity index (χ3v) is 3.03. The summed E-state index contributed by atoms with van der Waals surface area (Å²) in [6.07, 6.45) is 0. The van der Waals surface area contributed by atoms with E-state index >= 15 is 0 Å². The largest absolute Gasteiger partial charge is 0.205 e. The van der Waals surface area contributed by atoms with Crippen LogP contribution in [0.1, 0.15) is 11.1 Å². The standard InChI is InChI=1S/C15H12FN3/c1-9-6-10(2)8-11(7-9)14-12-4-3-5-13(16)15(12)18-19-17-14/h3-8H,1-2H3. The Labute approximate surface area is 110 Å². The van der Waals surface area contributed by atoms with Crippen molar-refractivity contribution in [3.05, 3.63) is 53.3 Å². The molecule has 0 spiro atoms. The van der Waals surface area contributed by atoms with Crippen LogP contribution in [0.2, 0.25) is 0 Å². The van der Waals surface area contributed by atoms with Crippen molar-refractivity contribution in [2.75, 3.05) is 0 Å². The zero-order valence-corrected chi connectivity index (χ0v) is 10.7. The number of aromatic nitrogens is 3. The SMILES string of the molecule is Cc1cc(C)cc(-c2nnnc3c(F)cccc23)c1. The molecule has 0 bridgehead atoms. The first kappa shape index (κ1) is 11.7. The summed E-state index contributed by atoms with van der Waals surface area (Å²) in [4.78, 5) is 0. The lowest BCUT2D eigenvalue weighted by Gasteiger charge is -2.06. The van der Waals surface area contributed by atoms with Crippen molar-refractivity contribution in [3.8, 4) is 11.3 Å². The Morgan fingerprint density at radius 3 is 2.42 bits per heavy atom. The Hall–Kier alpha value is -2.36. The molecule has 3 aromatic rings. The first-order chi connectivity index (χ1) is 9.15. The van der Waals surface area contributed by atoms with Crippen LogP contribution in [0, 0.1) is 19.7 Å². The lowest BCUT2D eigenvalue weighted by atomic mass is 10.0. The minimum atomic E-state index is -0.377. The Morgan fingerprint density at radius 1 is 0.947 bits per heavy atom. The number of nitrogens with zero attached hydrogens (tertiary/aromatic N) is 3. The molecule has 2 aromatic carbocycles. The van der Waals surface area contributed by atoms with E-state index in [0.29, 0.717) is 11.1 Å². The predicted molar refractivity (Wildman–Crippen MR) is 72.2 cm³/mol. The molecule has 0 unspecified atom stereocenters. The normalized spacial score (nSPS) is 10.9. The number of rotatable bonds is 1. The number of benzene rings is 2. The van der Waals surface area contributed by atoms with E-state index in [4.69, 9.17) is 0 Å². The highest BCUT2D eigenvalue weighted by Crippen LogP contribution is 2.27. The highest BCUT2D eigenvalue weighted by Gasteiger charge is 2.10. The second-order valence-electron chi connectivity index (χ2n) is 4.65. The Morgan fingerprint density at radius 2 is 1.68 bits per heavy atom.